The van der Waals surface area contributed by atoms with Crippen molar-refractivity contribution in [3.8, 4) is 0 Å². The van der Waals surface area contributed by atoms with E-state index in [1.165, 1.54) is 12.1 Å². The largest absolute Gasteiger partial charge is 0.369 e. The van der Waals surface area contributed by atoms with E-state index in [0.717, 1.165) is 47.3 Å². The number of anilines is 2. The minimum absolute atomic E-state index is 0.121. The van der Waals surface area contributed by atoms with Crippen LogP contribution in [-0.4, -0.2) is 58.9 Å². The molecule has 4 rings (SSSR count). The number of benzene rings is 3. The first-order valence-corrected chi connectivity index (χ1v) is 13.9. The molecule has 0 N–H and O–H groups in total. The molecule has 1 aliphatic heterocycles. The Morgan fingerprint density at radius 2 is 1.67 bits per heavy atom. The van der Waals surface area contributed by atoms with Crippen LogP contribution in [0.4, 0.5) is 11.4 Å². The van der Waals surface area contributed by atoms with Gasteiger partial charge in [-0.05, 0) is 67.9 Å². The second-order valence-electron chi connectivity index (χ2n) is 9.28. The van der Waals surface area contributed by atoms with E-state index < -0.39 is 10.0 Å². The molecule has 1 aliphatic rings. The van der Waals surface area contributed by atoms with E-state index in [1.54, 1.807) is 30.3 Å². The smallest absolute Gasteiger partial charge is 0.264 e. The van der Waals surface area contributed by atoms with Gasteiger partial charge in [0.2, 0.25) is 0 Å². The maximum atomic E-state index is 13.6. The minimum atomic E-state index is -3.98. The molecule has 1 fully saturated rings. The van der Waals surface area contributed by atoms with E-state index >= 15 is 0 Å². The summed E-state index contributed by atoms with van der Waals surface area (Å²) in [7, 11) is -1.85. The van der Waals surface area contributed by atoms with Gasteiger partial charge >= 0.3 is 0 Å². The van der Waals surface area contributed by atoms with Crippen LogP contribution in [0.1, 0.15) is 17.5 Å². The van der Waals surface area contributed by atoms with E-state index in [0.29, 0.717) is 12.1 Å². The first kappa shape index (κ1) is 26.2. The molecule has 0 aliphatic carbocycles. The predicted octanol–water partition coefficient (Wildman–Crippen LogP) is 4.80. The molecule has 1 saturated heterocycles. The number of Topliss-reactive ketones (excluding diaryl/α,β-unsaturated/α-hetero) is 1. The standard InChI is InChI=1S/C28H32ClN3O3S/c1-22-11-14-27(29)28(19-22)32(36(34,35)26-9-4-3-5-10-26)21-25(33)13-12-23-7-6-8-24(20-23)31-17-15-30(2)16-18-31/h3-11,14,19-20H,12-13,15-18,21H2,1-2H3. The molecule has 36 heavy (non-hydrogen) atoms. The molecule has 0 saturated carbocycles. The molecule has 0 aromatic heterocycles. The number of halogens is 1. The quantitative estimate of drug-likeness (QED) is 0.402. The maximum Gasteiger partial charge on any atom is 0.264 e. The Morgan fingerprint density at radius 3 is 2.39 bits per heavy atom. The lowest BCUT2D eigenvalue weighted by Gasteiger charge is -2.34. The minimum Gasteiger partial charge on any atom is -0.369 e. The number of piperazine rings is 1. The number of hydrogen-bond acceptors (Lipinski definition) is 5. The second kappa shape index (κ2) is 11.5. The average Bonchev–Trinajstić information content (AvgIpc) is 2.88. The van der Waals surface area contributed by atoms with Crippen molar-refractivity contribution in [2.45, 2.75) is 24.7 Å². The van der Waals surface area contributed by atoms with Crippen molar-refractivity contribution >= 4 is 38.8 Å². The number of likely N-dealkylation sites (N-methyl/N-ethyl adjacent to an activating group) is 1. The first-order valence-electron chi connectivity index (χ1n) is 12.1. The van der Waals surface area contributed by atoms with Crippen LogP contribution in [0.3, 0.4) is 0 Å². The maximum absolute atomic E-state index is 13.6. The summed E-state index contributed by atoms with van der Waals surface area (Å²) in [5.41, 5.74) is 3.39. The van der Waals surface area contributed by atoms with Crippen molar-refractivity contribution < 1.29 is 13.2 Å². The van der Waals surface area contributed by atoms with Gasteiger partial charge < -0.3 is 9.80 Å². The molecule has 190 valence electrons. The molecule has 0 unspecified atom stereocenters. The van der Waals surface area contributed by atoms with Gasteiger partial charge in [-0.25, -0.2) is 8.42 Å². The number of carbonyl (C=O) groups excluding carboxylic acids is 1. The third kappa shape index (κ3) is 6.27. The molecule has 0 radical (unpaired) electrons. The number of nitrogens with zero attached hydrogens (tertiary/aromatic N) is 3. The zero-order valence-electron chi connectivity index (χ0n) is 20.7. The van der Waals surface area contributed by atoms with Gasteiger partial charge in [0.05, 0.1) is 22.2 Å². The zero-order valence-corrected chi connectivity index (χ0v) is 22.3. The van der Waals surface area contributed by atoms with Gasteiger partial charge in [0.1, 0.15) is 0 Å². The summed E-state index contributed by atoms with van der Waals surface area (Å²) in [6, 6.07) is 21.6. The fraction of sp³-hybridized carbons (Fsp3) is 0.321. The van der Waals surface area contributed by atoms with Crippen LogP contribution >= 0.6 is 11.6 Å². The Balaban J connectivity index is 1.51. The summed E-state index contributed by atoms with van der Waals surface area (Å²) in [4.78, 5) is 17.9. The molecular weight excluding hydrogens is 494 g/mol. The van der Waals surface area contributed by atoms with Crippen molar-refractivity contribution in [3.63, 3.8) is 0 Å². The predicted molar refractivity (Wildman–Crippen MR) is 147 cm³/mol. The number of sulfonamides is 1. The highest BCUT2D eigenvalue weighted by Gasteiger charge is 2.28. The van der Waals surface area contributed by atoms with E-state index in [-0.39, 0.29) is 28.7 Å². The topological polar surface area (TPSA) is 60.9 Å². The molecule has 3 aromatic carbocycles. The zero-order chi connectivity index (χ0) is 25.7. The monoisotopic (exact) mass is 525 g/mol. The Hall–Kier alpha value is -2.87. The lowest BCUT2D eigenvalue weighted by molar-refractivity contribution is -0.117. The number of rotatable bonds is 9. The Morgan fingerprint density at radius 1 is 0.944 bits per heavy atom. The normalized spacial score (nSPS) is 14.6. The fourth-order valence-corrected chi connectivity index (χ4v) is 6.08. The summed E-state index contributed by atoms with van der Waals surface area (Å²) < 4.78 is 28.2. The molecule has 1 heterocycles. The number of aryl methyl sites for hydroxylation is 2. The average molecular weight is 526 g/mol. The first-order chi connectivity index (χ1) is 17.2. The number of hydrogen-bond donors (Lipinski definition) is 0. The van der Waals surface area contributed by atoms with Crippen LogP contribution in [0, 0.1) is 6.92 Å². The summed E-state index contributed by atoms with van der Waals surface area (Å²) in [6.07, 6.45) is 0.775. The molecule has 0 amide bonds. The highest BCUT2D eigenvalue weighted by atomic mass is 35.5. The third-order valence-corrected chi connectivity index (χ3v) is 8.59. The van der Waals surface area contributed by atoms with E-state index in [9.17, 15) is 13.2 Å². The van der Waals surface area contributed by atoms with Gasteiger partial charge in [-0.2, -0.15) is 0 Å². The third-order valence-electron chi connectivity index (χ3n) is 6.49. The summed E-state index contributed by atoms with van der Waals surface area (Å²) in [5.74, 6) is -0.169. The van der Waals surface area contributed by atoms with Crippen LogP contribution in [0.5, 0.6) is 0 Å². The van der Waals surface area contributed by atoms with Crippen LogP contribution < -0.4 is 9.21 Å². The van der Waals surface area contributed by atoms with Crippen molar-refractivity contribution in [1.82, 2.24) is 4.90 Å². The Bertz CT molecular complexity index is 1310. The highest BCUT2D eigenvalue weighted by molar-refractivity contribution is 7.92. The van der Waals surface area contributed by atoms with E-state index in [2.05, 4.69) is 29.0 Å². The molecular formula is C28H32ClN3O3S. The van der Waals surface area contributed by atoms with Crippen molar-refractivity contribution in [1.29, 1.82) is 0 Å². The van der Waals surface area contributed by atoms with Crippen molar-refractivity contribution in [3.05, 3.63) is 88.9 Å². The number of ketones is 1. The lowest BCUT2D eigenvalue weighted by atomic mass is 10.1. The van der Waals surface area contributed by atoms with Crippen LogP contribution in [-0.2, 0) is 21.2 Å². The van der Waals surface area contributed by atoms with Crippen LogP contribution in [0.15, 0.2) is 77.7 Å². The molecule has 0 spiro atoms. The molecule has 6 nitrogen and oxygen atoms in total. The molecule has 0 atom stereocenters. The summed E-state index contributed by atoms with van der Waals surface area (Å²) in [5, 5.41) is 0.285. The molecule has 8 heteroatoms. The van der Waals surface area contributed by atoms with Gasteiger partial charge in [-0.1, -0.05) is 48.0 Å². The fourth-order valence-electron chi connectivity index (χ4n) is 4.33. The SMILES string of the molecule is Cc1ccc(Cl)c(N(CC(=O)CCc2cccc(N3CCN(C)CC3)c2)S(=O)(=O)c2ccccc2)c1. The van der Waals surface area contributed by atoms with Gasteiger partial charge in [0.25, 0.3) is 10.0 Å². The van der Waals surface area contributed by atoms with Crippen molar-refractivity contribution in [2.75, 3.05) is 49.0 Å². The van der Waals surface area contributed by atoms with Gasteiger partial charge in [-0.3, -0.25) is 9.10 Å². The van der Waals surface area contributed by atoms with Crippen LogP contribution in [0.25, 0.3) is 0 Å². The highest BCUT2D eigenvalue weighted by Crippen LogP contribution is 2.31. The van der Waals surface area contributed by atoms with E-state index in [1.807, 2.05) is 25.1 Å². The van der Waals surface area contributed by atoms with Crippen LogP contribution in [0.2, 0.25) is 5.02 Å². The summed E-state index contributed by atoms with van der Waals surface area (Å²) in [6.45, 7) is 5.58. The Labute approximate surface area is 219 Å². The van der Waals surface area contributed by atoms with Gasteiger partial charge in [0.15, 0.2) is 5.78 Å². The second-order valence-corrected chi connectivity index (χ2v) is 11.5. The lowest BCUT2D eigenvalue weighted by Crippen LogP contribution is -2.44. The van der Waals surface area contributed by atoms with Gasteiger partial charge in [-0.15, -0.1) is 0 Å². The molecule has 0 bridgehead atoms. The van der Waals surface area contributed by atoms with E-state index in [4.69, 9.17) is 11.6 Å². The molecule has 3 aromatic rings. The van der Waals surface area contributed by atoms with Gasteiger partial charge in [0, 0.05) is 38.3 Å². The number of carbonyl (C=O) groups is 1. The van der Waals surface area contributed by atoms with Crippen molar-refractivity contribution in [2.24, 2.45) is 0 Å². The summed E-state index contributed by atoms with van der Waals surface area (Å²) >= 11 is 6.42. The Kier molecular flexibility index (Phi) is 8.34.